The minimum Gasteiger partial charge on any atom is -0.258 e. The van der Waals surface area contributed by atoms with Crippen LogP contribution in [-0.2, 0) is 10.0 Å². The Morgan fingerprint density at radius 3 is 2.63 bits per heavy atom. The van der Waals surface area contributed by atoms with E-state index in [1.807, 2.05) is 6.26 Å². The summed E-state index contributed by atoms with van der Waals surface area (Å²) in [6, 6.07) is 2.17. The van der Waals surface area contributed by atoms with Gasteiger partial charge in [0.15, 0.2) is 0 Å². The first-order valence-corrected chi connectivity index (χ1v) is 8.11. The number of thioether (sulfide) groups is 1. The maximum absolute atomic E-state index is 13.4. The van der Waals surface area contributed by atoms with E-state index in [9.17, 15) is 22.9 Å². The second-order valence-corrected chi connectivity index (χ2v) is 6.47. The van der Waals surface area contributed by atoms with Crippen molar-refractivity contribution < 1.29 is 17.7 Å². The molecule has 0 saturated heterocycles. The van der Waals surface area contributed by atoms with Gasteiger partial charge in [-0.2, -0.15) is 16.2 Å². The highest BCUT2D eigenvalue weighted by Crippen LogP contribution is 2.20. The predicted molar refractivity (Wildman–Crippen MR) is 71.2 cm³/mol. The lowest BCUT2D eigenvalue weighted by molar-refractivity contribution is -0.387. The quantitative estimate of drug-likeness (QED) is 0.639. The molecule has 0 saturated carbocycles. The first-order valence-electron chi connectivity index (χ1n) is 5.23. The van der Waals surface area contributed by atoms with Gasteiger partial charge in [-0.3, -0.25) is 10.1 Å². The van der Waals surface area contributed by atoms with Crippen molar-refractivity contribution in [2.75, 3.05) is 12.0 Å². The van der Waals surface area contributed by atoms with Gasteiger partial charge in [0.25, 0.3) is 0 Å². The predicted octanol–water partition coefficient (Wildman–Crippen LogP) is 1.76. The number of benzene rings is 1. The number of hydrogen-bond acceptors (Lipinski definition) is 5. The number of nitrogens with zero attached hydrogens (tertiary/aromatic N) is 1. The van der Waals surface area contributed by atoms with E-state index in [0.717, 1.165) is 12.1 Å². The molecule has 1 N–H and O–H groups in total. The molecule has 0 aliphatic rings. The summed E-state index contributed by atoms with van der Waals surface area (Å²) in [5.74, 6) is -0.611. The lowest BCUT2D eigenvalue weighted by atomic mass is 10.3. The third-order valence-electron chi connectivity index (χ3n) is 2.20. The van der Waals surface area contributed by atoms with E-state index in [0.29, 0.717) is 11.8 Å². The van der Waals surface area contributed by atoms with Gasteiger partial charge >= 0.3 is 5.69 Å². The smallest absolute Gasteiger partial charge is 0.258 e. The second kappa shape index (κ2) is 6.31. The highest BCUT2D eigenvalue weighted by atomic mass is 32.2. The Kier molecular flexibility index (Phi) is 5.27. The summed E-state index contributed by atoms with van der Waals surface area (Å²) in [5, 5.41) is 10.4. The van der Waals surface area contributed by atoms with Gasteiger partial charge in [0.05, 0.1) is 9.82 Å². The van der Waals surface area contributed by atoms with Crippen LogP contribution in [0, 0.1) is 15.9 Å². The second-order valence-electron chi connectivity index (χ2n) is 3.85. The minimum absolute atomic E-state index is 0.321. The molecular formula is C10H13FN2O4S2. The summed E-state index contributed by atoms with van der Waals surface area (Å²) in [7, 11) is -3.87. The van der Waals surface area contributed by atoms with E-state index in [2.05, 4.69) is 4.72 Å². The van der Waals surface area contributed by atoms with Crippen molar-refractivity contribution in [1.82, 2.24) is 4.72 Å². The zero-order valence-electron chi connectivity index (χ0n) is 10.3. The zero-order chi connectivity index (χ0) is 14.6. The van der Waals surface area contributed by atoms with Gasteiger partial charge in [0.1, 0.15) is 0 Å². The molecule has 0 aliphatic heterocycles. The standard InChI is InChI=1S/C10H13FN2O4S2/c1-7(6-18-2)12-19(16,17)8-3-4-10(13(14)15)9(11)5-8/h3-5,7,12H,6H2,1-2H3. The number of hydrogen-bond donors (Lipinski definition) is 1. The average Bonchev–Trinajstić information content (AvgIpc) is 2.27. The van der Waals surface area contributed by atoms with Crippen molar-refractivity contribution >= 4 is 27.5 Å². The highest BCUT2D eigenvalue weighted by molar-refractivity contribution is 7.98. The van der Waals surface area contributed by atoms with Crippen LogP contribution in [-0.4, -0.2) is 31.4 Å². The van der Waals surface area contributed by atoms with E-state index < -0.39 is 26.5 Å². The van der Waals surface area contributed by atoms with E-state index in [1.54, 1.807) is 6.92 Å². The van der Waals surface area contributed by atoms with Crippen molar-refractivity contribution in [3.8, 4) is 0 Å². The van der Waals surface area contributed by atoms with E-state index >= 15 is 0 Å². The molecule has 1 unspecified atom stereocenters. The van der Waals surface area contributed by atoms with Crippen molar-refractivity contribution in [3.05, 3.63) is 34.1 Å². The molecule has 0 amide bonds. The number of nitrogens with one attached hydrogen (secondary N) is 1. The number of sulfonamides is 1. The van der Waals surface area contributed by atoms with Crippen LogP contribution in [0.3, 0.4) is 0 Å². The fourth-order valence-electron chi connectivity index (χ4n) is 1.42. The van der Waals surface area contributed by atoms with Crippen molar-refractivity contribution in [1.29, 1.82) is 0 Å². The Hall–Kier alpha value is -1.19. The Morgan fingerprint density at radius 1 is 1.53 bits per heavy atom. The molecule has 0 fully saturated rings. The van der Waals surface area contributed by atoms with Gasteiger partial charge in [0, 0.05) is 23.9 Å². The summed E-state index contributed by atoms with van der Waals surface area (Å²) in [6.45, 7) is 1.68. The molecule has 106 valence electrons. The Balaban J connectivity index is 3.03. The van der Waals surface area contributed by atoms with Gasteiger partial charge in [-0.1, -0.05) is 0 Å². The first kappa shape index (κ1) is 15.9. The monoisotopic (exact) mass is 308 g/mol. The normalized spacial score (nSPS) is 13.2. The summed E-state index contributed by atoms with van der Waals surface area (Å²) in [4.78, 5) is 9.21. The average molecular weight is 308 g/mol. The van der Waals surface area contributed by atoms with E-state index in [4.69, 9.17) is 0 Å². The highest BCUT2D eigenvalue weighted by Gasteiger charge is 2.21. The lowest BCUT2D eigenvalue weighted by Crippen LogP contribution is -2.34. The largest absolute Gasteiger partial charge is 0.304 e. The zero-order valence-corrected chi connectivity index (χ0v) is 11.9. The fourth-order valence-corrected chi connectivity index (χ4v) is 3.36. The molecule has 0 spiro atoms. The first-order chi connectivity index (χ1) is 8.77. The van der Waals surface area contributed by atoms with Gasteiger partial charge < -0.3 is 0 Å². The summed E-state index contributed by atoms with van der Waals surface area (Å²) in [6.07, 6.45) is 1.83. The van der Waals surface area contributed by atoms with Crippen LogP contribution in [0.25, 0.3) is 0 Å². The third-order valence-corrected chi connectivity index (χ3v) is 4.62. The van der Waals surface area contributed by atoms with Crippen LogP contribution >= 0.6 is 11.8 Å². The number of rotatable bonds is 6. The Bertz CT molecular complexity index is 577. The molecule has 0 heterocycles. The van der Waals surface area contributed by atoms with Crippen molar-refractivity contribution in [2.45, 2.75) is 17.9 Å². The fraction of sp³-hybridized carbons (Fsp3) is 0.400. The molecule has 0 radical (unpaired) electrons. The number of nitro groups is 1. The SMILES string of the molecule is CSCC(C)NS(=O)(=O)c1ccc([N+](=O)[O-])c(F)c1. The molecule has 1 atom stereocenters. The molecule has 6 nitrogen and oxygen atoms in total. The molecule has 19 heavy (non-hydrogen) atoms. The number of nitro benzene ring substituents is 1. The molecule has 1 aromatic carbocycles. The molecule has 1 aromatic rings. The summed E-state index contributed by atoms with van der Waals surface area (Å²) < 4.78 is 39.5. The van der Waals surface area contributed by atoms with Gasteiger partial charge in [-0.15, -0.1) is 0 Å². The van der Waals surface area contributed by atoms with E-state index in [1.165, 1.54) is 11.8 Å². The Morgan fingerprint density at radius 2 is 2.16 bits per heavy atom. The van der Waals surface area contributed by atoms with Crippen LogP contribution in [0.15, 0.2) is 23.1 Å². The molecule has 0 aromatic heterocycles. The topological polar surface area (TPSA) is 89.3 Å². The maximum Gasteiger partial charge on any atom is 0.304 e. The van der Waals surface area contributed by atoms with Crippen molar-refractivity contribution in [3.63, 3.8) is 0 Å². The third kappa shape index (κ3) is 4.15. The molecule has 9 heteroatoms. The van der Waals surface area contributed by atoms with Gasteiger partial charge in [-0.05, 0) is 19.2 Å². The Labute approximate surface area is 114 Å². The maximum atomic E-state index is 13.4. The molecule has 0 aliphatic carbocycles. The van der Waals surface area contributed by atoms with E-state index in [-0.39, 0.29) is 10.9 Å². The van der Waals surface area contributed by atoms with Crippen LogP contribution in [0.1, 0.15) is 6.92 Å². The lowest BCUT2D eigenvalue weighted by Gasteiger charge is -2.12. The van der Waals surface area contributed by atoms with Crippen LogP contribution in [0.2, 0.25) is 0 Å². The molecule has 0 bridgehead atoms. The van der Waals surface area contributed by atoms with Gasteiger partial charge in [-0.25, -0.2) is 13.1 Å². The van der Waals surface area contributed by atoms with Gasteiger partial charge in [0.2, 0.25) is 15.8 Å². The molecule has 1 rings (SSSR count). The van der Waals surface area contributed by atoms with Crippen LogP contribution < -0.4 is 4.72 Å². The van der Waals surface area contributed by atoms with Crippen molar-refractivity contribution in [2.24, 2.45) is 0 Å². The van der Waals surface area contributed by atoms with Crippen LogP contribution in [0.4, 0.5) is 10.1 Å². The molecular weight excluding hydrogens is 295 g/mol. The summed E-state index contributed by atoms with van der Waals surface area (Å²) in [5.41, 5.74) is -0.754. The number of halogens is 1. The van der Waals surface area contributed by atoms with Crippen LogP contribution in [0.5, 0.6) is 0 Å². The minimum atomic E-state index is -3.87. The summed E-state index contributed by atoms with van der Waals surface area (Å²) >= 11 is 1.46.